The Bertz CT molecular complexity index is 347. The Labute approximate surface area is 98.8 Å². The average molecular weight is 239 g/mol. The van der Waals surface area contributed by atoms with Gasteiger partial charge in [0.1, 0.15) is 13.3 Å². The first-order chi connectivity index (χ1) is 8.27. The van der Waals surface area contributed by atoms with Crippen LogP contribution in [0.3, 0.4) is 0 Å². The van der Waals surface area contributed by atoms with Gasteiger partial charge in [0.25, 0.3) is 5.91 Å². The summed E-state index contributed by atoms with van der Waals surface area (Å²) in [5.74, 6) is -0.201. The Kier molecular flexibility index (Phi) is 8.58. The molecule has 0 radical (unpaired) electrons. The van der Waals surface area contributed by atoms with E-state index in [0.29, 0.717) is 5.56 Å². The molecule has 0 saturated heterocycles. The zero-order valence-electron chi connectivity index (χ0n) is 9.30. The van der Waals surface area contributed by atoms with E-state index in [2.05, 4.69) is 16.9 Å². The van der Waals surface area contributed by atoms with Gasteiger partial charge in [0, 0.05) is 12.7 Å². The molecule has 0 aliphatic rings. The van der Waals surface area contributed by atoms with Gasteiger partial charge in [0.2, 0.25) is 0 Å². The predicted octanol–water partition coefficient (Wildman–Crippen LogP) is 0.972. The molecular weight excluding hydrogens is 226 g/mol. The fourth-order valence-electron chi connectivity index (χ4n) is 1.07. The predicted molar refractivity (Wildman–Crippen MR) is 57.1 cm³/mol. The zero-order valence-corrected chi connectivity index (χ0v) is 9.30. The van der Waals surface area contributed by atoms with E-state index in [1.807, 2.05) is 0 Å². The number of hydrogen-bond acceptors (Lipinski definition) is 4. The number of methoxy groups -OCH3 is 1. The van der Waals surface area contributed by atoms with E-state index in [-0.39, 0.29) is 19.2 Å². The monoisotopic (exact) mass is 239 g/mol. The van der Waals surface area contributed by atoms with Crippen molar-refractivity contribution in [1.82, 2.24) is 5.32 Å². The number of carbonyl (C=O) groups excluding carboxylic acids is 1. The van der Waals surface area contributed by atoms with Crippen LogP contribution in [0.25, 0.3) is 0 Å². The summed E-state index contributed by atoms with van der Waals surface area (Å²) in [6.45, 7) is 4.79. The van der Waals surface area contributed by atoms with E-state index in [9.17, 15) is 4.79 Å². The molecule has 92 valence electrons. The van der Waals surface area contributed by atoms with Gasteiger partial charge in [-0.2, -0.15) is 0 Å². The molecule has 6 nitrogen and oxygen atoms in total. The summed E-state index contributed by atoms with van der Waals surface area (Å²) in [7, 11) is 1.50. The van der Waals surface area contributed by atoms with Crippen LogP contribution in [-0.4, -0.2) is 25.0 Å². The van der Waals surface area contributed by atoms with Crippen LogP contribution >= 0.6 is 0 Å². The molecule has 1 aromatic rings. The number of carbonyl (C=O) groups is 1. The zero-order chi connectivity index (χ0) is 13.1. The molecule has 1 rings (SSSR count). The van der Waals surface area contributed by atoms with E-state index >= 15 is 0 Å². The summed E-state index contributed by atoms with van der Waals surface area (Å²) in [4.78, 5) is 15.4. The van der Waals surface area contributed by atoms with Gasteiger partial charge in [0.05, 0.1) is 0 Å². The van der Waals surface area contributed by atoms with Gasteiger partial charge >= 0.3 is 11.3 Å². The van der Waals surface area contributed by atoms with Crippen molar-refractivity contribution >= 4 is 5.91 Å². The second-order valence-electron chi connectivity index (χ2n) is 2.91. The van der Waals surface area contributed by atoms with Crippen LogP contribution in [-0.2, 0) is 20.9 Å². The van der Waals surface area contributed by atoms with Crippen molar-refractivity contribution in [3.05, 3.63) is 42.0 Å². The van der Waals surface area contributed by atoms with Crippen LogP contribution in [0.1, 0.15) is 15.9 Å². The van der Waals surface area contributed by atoms with Crippen molar-refractivity contribution in [3.63, 3.8) is 0 Å². The quantitative estimate of drug-likeness (QED) is 0.263. The third kappa shape index (κ3) is 5.82. The van der Waals surface area contributed by atoms with Crippen LogP contribution in [0.15, 0.2) is 24.3 Å². The molecule has 0 fully saturated rings. The maximum atomic E-state index is 11.4. The van der Waals surface area contributed by atoms with Crippen molar-refractivity contribution in [2.45, 2.75) is 6.61 Å². The summed E-state index contributed by atoms with van der Waals surface area (Å²) >= 11 is 0. The fraction of sp³-hybridized carbons (Fsp3) is 0.273. The second-order valence-corrected chi connectivity index (χ2v) is 2.91. The van der Waals surface area contributed by atoms with Crippen molar-refractivity contribution < 1.29 is 24.3 Å². The molecule has 0 spiro atoms. The van der Waals surface area contributed by atoms with Crippen LogP contribution in [0.2, 0.25) is 0 Å². The van der Waals surface area contributed by atoms with Crippen LogP contribution in [0, 0.1) is 6.65 Å². The molecule has 0 aromatic heterocycles. The van der Waals surface area contributed by atoms with Gasteiger partial charge in [0.15, 0.2) is 0 Å². The Morgan fingerprint density at radius 1 is 1.41 bits per heavy atom. The molecule has 2 N–H and O–H groups in total. The first-order valence-electron chi connectivity index (χ1n) is 4.60. The van der Waals surface area contributed by atoms with E-state index in [1.165, 1.54) is 7.11 Å². The molecule has 6 heteroatoms. The van der Waals surface area contributed by atoms with Crippen molar-refractivity contribution in [3.8, 4) is 0 Å². The summed E-state index contributed by atoms with van der Waals surface area (Å²) in [5.41, 5.74) is 1.33. The van der Waals surface area contributed by atoms with Gasteiger partial charge < -0.3 is 10.1 Å². The fourth-order valence-corrected chi connectivity index (χ4v) is 1.07. The minimum absolute atomic E-state index is 0.111. The Hall–Kier alpha value is -1.69. The third-order valence-electron chi connectivity index (χ3n) is 1.82. The van der Waals surface area contributed by atoms with Crippen molar-refractivity contribution in [1.29, 1.82) is 0 Å². The van der Waals surface area contributed by atoms with Crippen LogP contribution in [0.5, 0.6) is 0 Å². The molecule has 1 amide bonds. The van der Waals surface area contributed by atoms with Gasteiger partial charge in [-0.05, 0) is 17.7 Å². The number of rotatable bonds is 5. The summed E-state index contributed by atoms with van der Waals surface area (Å²) < 4.78 is 12.2. The maximum absolute atomic E-state index is 11.4. The van der Waals surface area contributed by atoms with Gasteiger partial charge in [-0.3, -0.25) is 10.1 Å². The third-order valence-corrected chi connectivity index (χ3v) is 1.82. The molecule has 1 aromatic carbocycles. The van der Waals surface area contributed by atoms with Crippen molar-refractivity contribution in [2.24, 2.45) is 0 Å². The average Bonchev–Trinajstić information content (AvgIpc) is 2.39. The van der Waals surface area contributed by atoms with E-state index in [0.717, 1.165) is 5.56 Å². The van der Waals surface area contributed by atoms with Gasteiger partial charge in [-0.1, -0.05) is 12.1 Å². The molecule has 0 bridgehead atoms. The molecule has 0 atom stereocenters. The molecule has 0 unspecified atom stereocenters. The van der Waals surface area contributed by atoms with E-state index < -0.39 is 0 Å². The van der Waals surface area contributed by atoms with E-state index in [1.54, 1.807) is 24.3 Å². The van der Waals surface area contributed by atoms with Crippen LogP contribution < -0.4 is 5.32 Å². The second kappa shape index (κ2) is 9.53. The van der Waals surface area contributed by atoms with Crippen molar-refractivity contribution in [2.75, 3.05) is 13.8 Å². The Morgan fingerprint density at radius 2 is 2.00 bits per heavy atom. The Balaban J connectivity index is 0.00000121. The molecule has 0 aliphatic heterocycles. The standard InChI is InChI=1S/C10H13NO4.CO/c1-14-7-11-10(12)9-4-2-8(3-5-9)6-15-13;1-2/h2-5,13H,6-7H2,1H3,(H,11,12);. The number of ether oxygens (including phenoxy) is 1. The number of nitrogens with one attached hydrogen (secondary N) is 1. The summed E-state index contributed by atoms with van der Waals surface area (Å²) in [6.07, 6.45) is 0. The molecule has 0 heterocycles. The molecule has 17 heavy (non-hydrogen) atoms. The summed E-state index contributed by atoms with van der Waals surface area (Å²) in [5, 5.41) is 10.8. The van der Waals surface area contributed by atoms with Gasteiger partial charge in [-0.15, -0.1) is 0 Å². The molecule has 0 aliphatic carbocycles. The minimum atomic E-state index is -0.201. The summed E-state index contributed by atoms with van der Waals surface area (Å²) in [6, 6.07) is 6.72. The van der Waals surface area contributed by atoms with E-state index in [4.69, 9.17) is 14.6 Å². The topological polar surface area (TPSA) is 87.7 Å². The first-order valence-corrected chi connectivity index (χ1v) is 4.60. The SMILES string of the molecule is COCNC(=O)c1ccc(COO)cc1.[C-]#[O+]. The number of hydrogen-bond donors (Lipinski definition) is 2. The Morgan fingerprint density at radius 3 is 2.47 bits per heavy atom. The van der Waals surface area contributed by atoms with Crippen LogP contribution in [0.4, 0.5) is 0 Å². The molecular formula is C11H13NO5. The first kappa shape index (κ1) is 15.3. The van der Waals surface area contributed by atoms with Gasteiger partial charge in [-0.25, -0.2) is 4.89 Å². The number of benzene rings is 1. The number of amides is 1. The molecule has 0 saturated carbocycles. The normalized spacial score (nSPS) is 8.94.